The first kappa shape index (κ1) is 23.3. The number of aliphatic hydroxyl groups excluding tert-OH is 1. The molecule has 1 aromatic carbocycles. The molecule has 35 heavy (non-hydrogen) atoms. The molecule has 1 fully saturated rings. The predicted molar refractivity (Wildman–Crippen MR) is 127 cm³/mol. The summed E-state index contributed by atoms with van der Waals surface area (Å²) in [7, 11) is -3.93. The van der Waals surface area contributed by atoms with Gasteiger partial charge >= 0.3 is 0 Å². The van der Waals surface area contributed by atoms with Crippen LogP contribution in [0.2, 0.25) is 0 Å². The fourth-order valence-corrected chi connectivity index (χ4v) is 5.81. The van der Waals surface area contributed by atoms with Crippen molar-refractivity contribution in [2.45, 2.75) is 43.6 Å². The van der Waals surface area contributed by atoms with E-state index in [1.165, 1.54) is 6.20 Å². The molecule has 2 N–H and O–H groups in total. The standard InChI is InChI=1S/C24H23F2N5O3S/c25-16-9-19-20(22-27-12-21(26)23(30-22)29-17-7-4-8-18(32)10-17)13-31(24(19)28-11-16)35(33,34)14-15-5-2-1-3-6-15/h1-3,5-6,9,11-13,17-18,32H,4,7-8,10,14H2,(H,27,29,30)/t17-,18+/m0/s1. The summed E-state index contributed by atoms with van der Waals surface area (Å²) in [6.07, 6.45) is 5.46. The monoisotopic (exact) mass is 499 g/mol. The van der Waals surface area contributed by atoms with Crippen molar-refractivity contribution in [1.82, 2.24) is 18.9 Å². The first-order valence-corrected chi connectivity index (χ1v) is 12.8. The predicted octanol–water partition coefficient (Wildman–Crippen LogP) is 3.87. The van der Waals surface area contributed by atoms with Gasteiger partial charge < -0.3 is 10.4 Å². The summed E-state index contributed by atoms with van der Waals surface area (Å²) in [6, 6.07) is 9.65. The molecule has 0 radical (unpaired) electrons. The number of hydrogen-bond acceptors (Lipinski definition) is 7. The second kappa shape index (κ2) is 9.31. The van der Waals surface area contributed by atoms with Gasteiger partial charge in [-0.05, 0) is 37.3 Å². The Morgan fingerprint density at radius 3 is 2.69 bits per heavy atom. The molecule has 4 aromatic rings. The molecule has 1 aliphatic carbocycles. The Labute approximate surface area is 200 Å². The number of rotatable bonds is 6. The third-order valence-electron chi connectivity index (χ3n) is 6.04. The van der Waals surface area contributed by atoms with E-state index in [9.17, 15) is 22.3 Å². The summed E-state index contributed by atoms with van der Waals surface area (Å²) in [5, 5.41) is 13.1. The lowest BCUT2D eigenvalue weighted by Gasteiger charge is -2.27. The molecule has 3 aromatic heterocycles. The molecule has 0 amide bonds. The minimum atomic E-state index is -3.93. The first-order valence-electron chi connectivity index (χ1n) is 11.2. The number of nitrogens with one attached hydrogen (secondary N) is 1. The zero-order valence-electron chi connectivity index (χ0n) is 18.6. The molecule has 1 aliphatic rings. The maximum Gasteiger partial charge on any atom is 0.244 e. The molecule has 8 nitrogen and oxygen atoms in total. The highest BCUT2D eigenvalue weighted by Gasteiger charge is 2.25. The number of hydrogen-bond donors (Lipinski definition) is 2. The lowest BCUT2D eigenvalue weighted by Crippen LogP contribution is -2.30. The van der Waals surface area contributed by atoms with Crippen LogP contribution in [-0.4, -0.2) is 44.6 Å². The van der Waals surface area contributed by atoms with Crippen molar-refractivity contribution >= 4 is 26.9 Å². The van der Waals surface area contributed by atoms with Crippen molar-refractivity contribution in [1.29, 1.82) is 0 Å². The number of benzene rings is 1. The fourth-order valence-electron chi connectivity index (χ4n) is 4.39. The first-order chi connectivity index (χ1) is 16.8. The van der Waals surface area contributed by atoms with Gasteiger partial charge in [0, 0.05) is 23.2 Å². The van der Waals surface area contributed by atoms with E-state index < -0.39 is 27.8 Å². The molecule has 0 saturated heterocycles. The molecule has 0 spiro atoms. The van der Waals surface area contributed by atoms with Crippen LogP contribution in [0.3, 0.4) is 0 Å². The van der Waals surface area contributed by atoms with Gasteiger partial charge in [-0.25, -0.2) is 36.1 Å². The minimum Gasteiger partial charge on any atom is -0.393 e. The van der Waals surface area contributed by atoms with Crippen LogP contribution >= 0.6 is 0 Å². The molecular formula is C24H23F2N5O3S. The molecule has 0 bridgehead atoms. The summed E-state index contributed by atoms with van der Waals surface area (Å²) in [6.45, 7) is 0. The van der Waals surface area contributed by atoms with Crippen LogP contribution in [0.4, 0.5) is 14.6 Å². The van der Waals surface area contributed by atoms with Gasteiger partial charge in [-0.3, -0.25) is 0 Å². The zero-order chi connectivity index (χ0) is 24.6. The van der Waals surface area contributed by atoms with Gasteiger partial charge in [-0.2, -0.15) is 0 Å². The average molecular weight is 500 g/mol. The molecule has 3 heterocycles. The Hall–Kier alpha value is -3.44. The van der Waals surface area contributed by atoms with E-state index in [2.05, 4.69) is 20.3 Å². The summed E-state index contributed by atoms with van der Waals surface area (Å²) in [5.41, 5.74) is 0.808. The summed E-state index contributed by atoms with van der Waals surface area (Å²) >= 11 is 0. The second-order valence-corrected chi connectivity index (χ2v) is 10.5. The quantitative estimate of drug-likeness (QED) is 0.414. The van der Waals surface area contributed by atoms with E-state index in [0.29, 0.717) is 18.4 Å². The number of fused-ring (bicyclic) bond motifs is 1. The van der Waals surface area contributed by atoms with Crippen LogP contribution in [0.1, 0.15) is 31.2 Å². The van der Waals surface area contributed by atoms with E-state index in [1.807, 2.05) is 0 Å². The van der Waals surface area contributed by atoms with Gasteiger partial charge in [-0.1, -0.05) is 30.3 Å². The van der Waals surface area contributed by atoms with Gasteiger partial charge in [0.1, 0.15) is 5.82 Å². The zero-order valence-corrected chi connectivity index (χ0v) is 19.4. The number of aromatic nitrogens is 4. The Morgan fingerprint density at radius 2 is 1.91 bits per heavy atom. The van der Waals surface area contributed by atoms with Crippen molar-refractivity contribution in [3.8, 4) is 11.4 Å². The highest BCUT2D eigenvalue weighted by atomic mass is 32.2. The van der Waals surface area contributed by atoms with Crippen LogP contribution in [0.15, 0.2) is 55.0 Å². The Bertz CT molecular complexity index is 1480. The number of halogens is 2. The normalized spacial score (nSPS) is 18.6. The smallest absolute Gasteiger partial charge is 0.244 e. The highest BCUT2D eigenvalue weighted by Crippen LogP contribution is 2.31. The molecule has 1 saturated carbocycles. The van der Waals surface area contributed by atoms with Gasteiger partial charge in [-0.15, -0.1) is 0 Å². The van der Waals surface area contributed by atoms with Crippen molar-refractivity contribution in [3.05, 3.63) is 72.2 Å². The van der Waals surface area contributed by atoms with E-state index >= 15 is 0 Å². The summed E-state index contributed by atoms with van der Waals surface area (Å²) in [4.78, 5) is 12.3. The van der Waals surface area contributed by atoms with Crippen molar-refractivity contribution < 1.29 is 22.3 Å². The number of aliphatic hydroxyl groups is 1. The SMILES string of the molecule is O=S(=O)(Cc1ccccc1)n1cc(-c2ncc(F)c(N[C@H]3CCC[C@@H](O)C3)n2)c2cc(F)cnc21. The van der Waals surface area contributed by atoms with Crippen molar-refractivity contribution in [2.75, 3.05) is 5.32 Å². The van der Waals surface area contributed by atoms with Crippen LogP contribution < -0.4 is 5.32 Å². The average Bonchev–Trinajstić information content (AvgIpc) is 3.21. The molecule has 0 unspecified atom stereocenters. The van der Waals surface area contributed by atoms with Crippen LogP contribution in [0, 0.1) is 11.6 Å². The lowest BCUT2D eigenvalue weighted by atomic mass is 9.93. The topological polar surface area (TPSA) is 110 Å². The fraction of sp³-hybridized carbons (Fsp3) is 0.292. The van der Waals surface area contributed by atoms with E-state index in [1.54, 1.807) is 30.3 Å². The van der Waals surface area contributed by atoms with E-state index in [0.717, 1.165) is 35.3 Å². The van der Waals surface area contributed by atoms with Crippen LogP contribution in [0.25, 0.3) is 22.4 Å². The number of nitrogens with zero attached hydrogens (tertiary/aromatic N) is 4. The third-order valence-corrected chi connectivity index (χ3v) is 7.62. The Kier molecular flexibility index (Phi) is 6.20. The van der Waals surface area contributed by atoms with E-state index in [-0.39, 0.29) is 40.0 Å². The molecule has 182 valence electrons. The largest absolute Gasteiger partial charge is 0.393 e. The number of anilines is 1. The van der Waals surface area contributed by atoms with Gasteiger partial charge in [0.05, 0.1) is 24.3 Å². The minimum absolute atomic E-state index is 0.0233. The Balaban J connectivity index is 1.56. The maximum absolute atomic E-state index is 14.5. The molecule has 2 atom stereocenters. The maximum atomic E-state index is 14.5. The van der Waals surface area contributed by atoms with Crippen LogP contribution in [0.5, 0.6) is 0 Å². The molecule has 0 aliphatic heterocycles. The second-order valence-electron chi connectivity index (χ2n) is 8.66. The van der Waals surface area contributed by atoms with E-state index in [4.69, 9.17) is 0 Å². The van der Waals surface area contributed by atoms with Gasteiger partial charge in [0.2, 0.25) is 10.0 Å². The van der Waals surface area contributed by atoms with Gasteiger partial charge in [0.15, 0.2) is 23.1 Å². The molecule has 5 rings (SSSR count). The highest BCUT2D eigenvalue weighted by molar-refractivity contribution is 7.89. The third kappa shape index (κ3) is 4.87. The molecule has 11 heteroatoms. The van der Waals surface area contributed by atoms with Gasteiger partial charge in [0.25, 0.3) is 0 Å². The number of pyridine rings is 1. The summed E-state index contributed by atoms with van der Waals surface area (Å²) < 4.78 is 56.1. The Morgan fingerprint density at radius 1 is 1.11 bits per heavy atom. The summed E-state index contributed by atoms with van der Waals surface area (Å²) in [5.74, 6) is -1.67. The van der Waals surface area contributed by atoms with Crippen molar-refractivity contribution in [3.63, 3.8) is 0 Å². The lowest BCUT2D eigenvalue weighted by molar-refractivity contribution is 0.124. The molecular weight excluding hydrogens is 476 g/mol. The van der Waals surface area contributed by atoms with Crippen molar-refractivity contribution in [2.24, 2.45) is 0 Å². The van der Waals surface area contributed by atoms with Crippen LogP contribution in [-0.2, 0) is 15.8 Å².